The summed E-state index contributed by atoms with van der Waals surface area (Å²) < 4.78 is 0. The number of hydrogen-bond donors (Lipinski definition) is 1. The summed E-state index contributed by atoms with van der Waals surface area (Å²) in [5, 5.41) is 4.34. The van der Waals surface area contributed by atoms with Crippen molar-refractivity contribution in [2.24, 2.45) is 0 Å². The summed E-state index contributed by atoms with van der Waals surface area (Å²) in [5.74, 6) is 0. The largest absolute Gasteiger partial charge is 0.310 e. The molecule has 1 aromatic carbocycles. The summed E-state index contributed by atoms with van der Waals surface area (Å²) in [6.45, 7) is 2.91. The number of aryl methyl sites for hydroxylation is 1. The monoisotopic (exact) mass is 272 g/mol. The standard InChI is InChI=1S/C16H17ClN2/c1-11-8-12(6-7-18-11)16-9-14(17)3-2-13(16)10-19-15-4-5-15/h2-3,6-9,15,19H,4-5,10H2,1H3. The van der Waals surface area contributed by atoms with Crippen molar-refractivity contribution in [2.45, 2.75) is 32.4 Å². The molecule has 3 rings (SSSR count). The Morgan fingerprint density at radius 2 is 2.11 bits per heavy atom. The number of halogens is 1. The lowest BCUT2D eigenvalue weighted by molar-refractivity contribution is 0.689. The topological polar surface area (TPSA) is 24.9 Å². The third-order valence-electron chi connectivity index (χ3n) is 3.44. The highest BCUT2D eigenvalue weighted by molar-refractivity contribution is 6.30. The molecule has 2 aromatic rings. The Hall–Kier alpha value is -1.38. The van der Waals surface area contributed by atoms with Crippen LogP contribution < -0.4 is 5.32 Å². The maximum atomic E-state index is 6.15. The van der Waals surface area contributed by atoms with Gasteiger partial charge in [-0.1, -0.05) is 17.7 Å². The Morgan fingerprint density at radius 3 is 2.84 bits per heavy atom. The Labute approximate surface area is 118 Å². The van der Waals surface area contributed by atoms with E-state index in [9.17, 15) is 0 Å². The number of benzene rings is 1. The minimum atomic E-state index is 0.711. The van der Waals surface area contributed by atoms with E-state index in [1.165, 1.54) is 29.5 Å². The van der Waals surface area contributed by atoms with E-state index >= 15 is 0 Å². The van der Waals surface area contributed by atoms with Crippen molar-refractivity contribution in [3.63, 3.8) is 0 Å². The summed E-state index contributed by atoms with van der Waals surface area (Å²) in [7, 11) is 0. The third kappa shape index (κ3) is 3.14. The number of nitrogens with one attached hydrogen (secondary N) is 1. The molecule has 0 bridgehead atoms. The van der Waals surface area contributed by atoms with Gasteiger partial charge in [0.1, 0.15) is 0 Å². The van der Waals surface area contributed by atoms with Gasteiger partial charge in [0.2, 0.25) is 0 Å². The van der Waals surface area contributed by atoms with Crippen molar-refractivity contribution >= 4 is 11.6 Å². The van der Waals surface area contributed by atoms with Crippen molar-refractivity contribution in [1.82, 2.24) is 10.3 Å². The highest BCUT2D eigenvalue weighted by atomic mass is 35.5. The number of hydrogen-bond acceptors (Lipinski definition) is 2. The van der Waals surface area contributed by atoms with E-state index in [-0.39, 0.29) is 0 Å². The Bertz CT molecular complexity index is 591. The molecule has 0 spiro atoms. The van der Waals surface area contributed by atoms with Crippen LogP contribution in [0.15, 0.2) is 36.5 Å². The molecule has 0 radical (unpaired) electrons. The number of pyridine rings is 1. The molecule has 3 heteroatoms. The van der Waals surface area contributed by atoms with E-state index in [4.69, 9.17) is 11.6 Å². The van der Waals surface area contributed by atoms with Gasteiger partial charge < -0.3 is 5.32 Å². The van der Waals surface area contributed by atoms with Crippen molar-refractivity contribution in [2.75, 3.05) is 0 Å². The Balaban J connectivity index is 1.94. The van der Waals surface area contributed by atoms with E-state index in [2.05, 4.69) is 22.4 Å². The molecule has 0 aliphatic heterocycles. The number of rotatable bonds is 4. The van der Waals surface area contributed by atoms with Gasteiger partial charge in [-0.15, -0.1) is 0 Å². The van der Waals surface area contributed by atoms with Gasteiger partial charge in [-0.25, -0.2) is 0 Å². The van der Waals surface area contributed by atoms with E-state index in [1.54, 1.807) is 0 Å². The fraction of sp³-hybridized carbons (Fsp3) is 0.312. The van der Waals surface area contributed by atoms with Gasteiger partial charge in [-0.05, 0) is 60.7 Å². The molecule has 1 aliphatic rings. The molecule has 98 valence electrons. The van der Waals surface area contributed by atoms with E-state index in [0.29, 0.717) is 6.04 Å². The van der Waals surface area contributed by atoms with Crippen LogP contribution in [0, 0.1) is 6.92 Å². The average Bonchev–Trinajstić information content (AvgIpc) is 3.21. The number of aromatic nitrogens is 1. The fourth-order valence-electron chi connectivity index (χ4n) is 2.23. The van der Waals surface area contributed by atoms with Gasteiger partial charge in [-0.2, -0.15) is 0 Å². The quantitative estimate of drug-likeness (QED) is 0.911. The van der Waals surface area contributed by atoms with Crippen molar-refractivity contribution < 1.29 is 0 Å². The van der Waals surface area contributed by atoms with Crippen LogP contribution in [-0.4, -0.2) is 11.0 Å². The molecule has 0 amide bonds. The van der Waals surface area contributed by atoms with Crippen LogP contribution in [0.2, 0.25) is 5.02 Å². The maximum absolute atomic E-state index is 6.15. The lowest BCUT2D eigenvalue weighted by atomic mass is 10.00. The minimum absolute atomic E-state index is 0.711. The zero-order chi connectivity index (χ0) is 13.2. The lowest BCUT2D eigenvalue weighted by Crippen LogP contribution is -2.15. The van der Waals surface area contributed by atoms with Gasteiger partial charge in [0.05, 0.1) is 0 Å². The van der Waals surface area contributed by atoms with Crippen LogP contribution in [0.1, 0.15) is 24.1 Å². The highest BCUT2D eigenvalue weighted by Crippen LogP contribution is 2.28. The molecule has 0 saturated heterocycles. The highest BCUT2D eigenvalue weighted by Gasteiger charge is 2.20. The Morgan fingerprint density at radius 1 is 1.26 bits per heavy atom. The van der Waals surface area contributed by atoms with Crippen LogP contribution in [0.25, 0.3) is 11.1 Å². The molecule has 1 heterocycles. The molecular weight excluding hydrogens is 256 g/mol. The first-order chi connectivity index (χ1) is 9.22. The van der Waals surface area contributed by atoms with E-state index in [1.807, 2.05) is 31.3 Å². The smallest absolute Gasteiger partial charge is 0.0412 e. The second kappa shape index (κ2) is 5.32. The second-order valence-electron chi connectivity index (χ2n) is 5.14. The minimum Gasteiger partial charge on any atom is -0.310 e. The van der Waals surface area contributed by atoms with E-state index in [0.717, 1.165) is 17.3 Å². The van der Waals surface area contributed by atoms with Crippen molar-refractivity contribution in [1.29, 1.82) is 0 Å². The van der Waals surface area contributed by atoms with Gasteiger partial charge >= 0.3 is 0 Å². The molecule has 1 fully saturated rings. The second-order valence-corrected chi connectivity index (χ2v) is 5.58. The summed E-state index contributed by atoms with van der Waals surface area (Å²) in [6.07, 6.45) is 4.46. The van der Waals surface area contributed by atoms with E-state index < -0.39 is 0 Å². The normalized spacial score (nSPS) is 14.6. The summed E-state index contributed by atoms with van der Waals surface area (Å²) in [4.78, 5) is 4.25. The molecule has 0 atom stereocenters. The summed E-state index contributed by atoms with van der Waals surface area (Å²) in [6, 6.07) is 11.0. The maximum Gasteiger partial charge on any atom is 0.0412 e. The summed E-state index contributed by atoms with van der Waals surface area (Å²) in [5.41, 5.74) is 4.70. The SMILES string of the molecule is Cc1cc(-c2cc(Cl)ccc2CNC2CC2)ccn1. The molecule has 1 saturated carbocycles. The molecule has 0 unspecified atom stereocenters. The van der Waals surface area contributed by atoms with Gasteiger partial charge in [0.15, 0.2) is 0 Å². The first-order valence-electron chi connectivity index (χ1n) is 6.67. The summed E-state index contributed by atoms with van der Waals surface area (Å²) >= 11 is 6.15. The predicted octanol–water partition coefficient (Wildman–Crippen LogP) is 3.96. The van der Waals surface area contributed by atoms with Crippen LogP contribution in [0.4, 0.5) is 0 Å². The Kier molecular flexibility index (Phi) is 3.54. The van der Waals surface area contributed by atoms with Crippen LogP contribution in [-0.2, 0) is 6.54 Å². The zero-order valence-corrected chi connectivity index (χ0v) is 11.7. The first kappa shape index (κ1) is 12.6. The van der Waals surface area contributed by atoms with Crippen molar-refractivity contribution in [3.05, 3.63) is 52.8 Å². The fourth-order valence-corrected chi connectivity index (χ4v) is 2.40. The van der Waals surface area contributed by atoms with Crippen LogP contribution >= 0.6 is 11.6 Å². The molecule has 19 heavy (non-hydrogen) atoms. The third-order valence-corrected chi connectivity index (χ3v) is 3.67. The molecule has 1 aliphatic carbocycles. The van der Waals surface area contributed by atoms with Crippen LogP contribution in [0.5, 0.6) is 0 Å². The van der Waals surface area contributed by atoms with Gasteiger partial charge in [0.25, 0.3) is 0 Å². The van der Waals surface area contributed by atoms with Crippen LogP contribution in [0.3, 0.4) is 0 Å². The zero-order valence-electron chi connectivity index (χ0n) is 11.0. The number of nitrogens with zero attached hydrogens (tertiary/aromatic N) is 1. The van der Waals surface area contributed by atoms with Crippen molar-refractivity contribution in [3.8, 4) is 11.1 Å². The molecule has 1 aromatic heterocycles. The first-order valence-corrected chi connectivity index (χ1v) is 7.05. The predicted molar refractivity (Wildman–Crippen MR) is 79.3 cm³/mol. The van der Waals surface area contributed by atoms with Gasteiger partial charge in [-0.3, -0.25) is 4.98 Å². The van der Waals surface area contributed by atoms with Gasteiger partial charge in [0, 0.05) is 29.5 Å². The molecular formula is C16H17ClN2. The lowest BCUT2D eigenvalue weighted by Gasteiger charge is -2.11. The average molecular weight is 273 g/mol. The molecule has 1 N–H and O–H groups in total. The molecule has 2 nitrogen and oxygen atoms in total.